The van der Waals surface area contributed by atoms with E-state index < -0.39 is 6.04 Å². The largest absolute Gasteiger partial charge is 0.464 e. The predicted molar refractivity (Wildman–Crippen MR) is 84.1 cm³/mol. The summed E-state index contributed by atoms with van der Waals surface area (Å²) in [7, 11) is 0. The summed E-state index contributed by atoms with van der Waals surface area (Å²) in [6.45, 7) is 9.58. The number of carbonyl (C=O) groups excluding carboxylic acids is 1. The Balaban J connectivity index is 2.71. The molecule has 0 amide bonds. The van der Waals surface area contributed by atoms with E-state index in [1.807, 2.05) is 20.8 Å². The van der Waals surface area contributed by atoms with E-state index in [2.05, 4.69) is 4.98 Å². The zero-order valence-corrected chi connectivity index (χ0v) is 13.8. The van der Waals surface area contributed by atoms with E-state index in [1.54, 1.807) is 13.8 Å². The number of hydrogen-bond donors (Lipinski definition) is 0. The summed E-state index contributed by atoms with van der Waals surface area (Å²) in [4.78, 5) is 31.2. The molecular weight excluding hydrogens is 288 g/mol. The molecule has 0 aliphatic carbocycles. The number of thiophene rings is 1. The van der Waals surface area contributed by atoms with Gasteiger partial charge in [-0.2, -0.15) is 0 Å². The van der Waals surface area contributed by atoms with Crippen LogP contribution in [0, 0.1) is 20.8 Å². The second-order valence-corrected chi connectivity index (χ2v) is 6.18. The lowest BCUT2D eigenvalue weighted by molar-refractivity contribution is -0.147. The molecule has 2 rings (SSSR count). The summed E-state index contributed by atoms with van der Waals surface area (Å²) >= 11 is 1.51. The molecule has 0 saturated carbocycles. The van der Waals surface area contributed by atoms with Gasteiger partial charge in [0.1, 0.15) is 16.7 Å². The monoisotopic (exact) mass is 308 g/mol. The van der Waals surface area contributed by atoms with Crippen LogP contribution in [-0.4, -0.2) is 22.1 Å². The van der Waals surface area contributed by atoms with Crippen molar-refractivity contribution in [2.45, 2.75) is 47.1 Å². The van der Waals surface area contributed by atoms with E-state index >= 15 is 0 Å². The Morgan fingerprint density at radius 2 is 2.00 bits per heavy atom. The van der Waals surface area contributed by atoms with Crippen molar-refractivity contribution in [1.29, 1.82) is 0 Å². The second kappa shape index (κ2) is 5.97. The lowest BCUT2D eigenvalue weighted by Gasteiger charge is -2.18. The molecule has 1 atom stereocenters. The highest BCUT2D eigenvalue weighted by molar-refractivity contribution is 7.18. The van der Waals surface area contributed by atoms with Crippen LogP contribution in [0.5, 0.6) is 0 Å². The van der Waals surface area contributed by atoms with Gasteiger partial charge in [-0.25, -0.2) is 9.78 Å². The number of nitrogens with zero attached hydrogens (tertiary/aromatic N) is 2. The van der Waals surface area contributed by atoms with Crippen LogP contribution < -0.4 is 5.56 Å². The Labute approximate surface area is 127 Å². The third kappa shape index (κ3) is 2.60. The predicted octanol–water partition coefficient (Wildman–Crippen LogP) is 2.90. The average molecular weight is 308 g/mol. The van der Waals surface area contributed by atoms with Crippen LogP contribution in [0.4, 0.5) is 0 Å². The smallest absolute Gasteiger partial charge is 0.329 e. The highest BCUT2D eigenvalue weighted by Gasteiger charge is 2.25. The molecule has 0 aliphatic rings. The molecular formula is C15H20N2O3S. The first-order valence-corrected chi connectivity index (χ1v) is 7.89. The molecule has 0 aromatic carbocycles. The average Bonchev–Trinajstić information content (AvgIpc) is 2.70. The van der Waals surface area contributed by atoms with Crippen LogP contribution in [-0.2, 0) is 9.53 Å². The van der Waals surface area contributed by atoms with Gasteiger partial charge in [0, 0.05) is 4.88 Å². The summed E-state index contributed by atoms with van der Waals surface area (Å²) in [6, 6.07) is -0.617. The Bertz CT molecular complexity index is 745. The second-order valence-electron chi connectivity index (χ2n) is 4.97. The van der Waals surface area contributed by atoms with Crippen LogP contribution in [0.15, 0.2) is 4.79 Å². The highest BCUT2D eigenvalue weighted by atomic mass is 32.1. The molecule has 2 heterocycles. The maximum Gasteiger partial charge on any atom is 0.329 e. The quantitative estimate of drug-likeness (QED) is 0.815. The number of carbonyl (C=O) groups is 1. The molecule has 0 aliphatic heterocycles. The van der Waals surface area contributed by atoms with Crippen LogP contribution in [0.3, 0.4) is 0 Å². The maximum atomic E-state index is 12.8. The minimum absolute atomic E-state index is 0.153. The number of hydrogen-bond acceptors (Lipinski definition) is 5. The fourth-order valence-electron chi connectivity index (χ4n) is 2.47. The lowest BCUT2D eigenvalue weighted by atomic mass is 10.2. The van der Waals surface area contributed by atoms with Crippen molar-refractivity contribution in [3.63, 3.8) is 0 Å². The fraction of sp³-hybridized carbons (Fsp3) is 0.533. The summed E-state index contributed by atoms with van der Waals surface area (Å²) < 4.78 is 6.55. The van der Waals surface area contributed by atoms with E-state index in [-0.39, 0.29) is 11.5 Å². The van der Waals surface area contributed by atoms with E-state index in [9.17, 15) is 9.59 Å². The van der Waals surface area contributed by atoms with Gasteiger partial charge in [-0.05, 0) is 39.7 Å². The Morgan fingerprint density at radius 3 is 2.57 bits per heavy atom. The van der Waals surface area contributed by atoms with Crippen molar-refractivity contribution in [1.82, 2.24) is 9.55 Å². The Kier molecular flexibility index (Phi) is 4.46. The number of aryl methyl sites for hydroxylation is 3. The van der Waals surface area contributed by atoms with Gasteiger partial charge in [-0.1, -0.05) is 6.92 Å². The lowest BCUT2D eigenvalue weighted by Crippen LogP contribution is -2.33. The standard InChI is InChI=1S/C15H20N2O3S/c1-6-11(15(19)20-7-2)17-10(5)16-13-12(14(17)18)8(3)9(4)21-13/h11H,6-7H2,1-5H3. The summed E-state index contributed by atoms with van der Waals surface area (Å²) in [5.74, 6) is 0.171. The zero-order valence-electron chi connectivity index (χ0n) is 13.0. The van der Waals surface area contributed by atoms with Crippen molar-refractivity contribution >= 4 is 27.5 Å². The molecule has 0 radical (unpaired) electrons. The summed E-state index contributed by atoms with van der Waals surface area (Å²) in [5.41, 5.74) is 0.791. The Hall–Kier alpha value is -1.69. The first kappa shape index (κ1) is 15.7. The van der Waals surface area contributed by atoms with Gasteiger partial charge < -0.3 is 4.74 Å². The summed E-state index contributed by atoms with van der Waals surface area (Å²) in [5, 5.41) is 0.617. The molecule has 0 N–H and O–H groups in total. The molecule has 21 heavy (non-hydrogen) atoms. The van der Waals surface area contributed by atoms with Crippen molar-refractivity contribution in [2.24, 2.45) is 0 Å². The number of aromatic nitrogens is 2. The highest BCUT2D eigenvalue weighted by Crippen LogP contribution is 2.27. The fourth-order valence-corrected chi connectivity index (χ4v) is 3.53. The Morgan fingerprint density at radius 1 is 1.33 bits per heavy atom. The van der Waals surface area contributed by atoms with Crippen molar-refractivity contribution in [2.75, 3.05) is 6.61 Å². The number of rotatable bonds is 4. The normalized spacial score (nSPS) is 12.6. The van der Waals surface area contributed by atoms with Crippen molar-refractivity contribution < 1.29 is 9.53 Å². The van der Waals surface area contributed by atoms with Gasteiger partial charge in [0.05, 0.1) is 12.0 Å². The molecule has 6 heteroatoms. The molecule has 114 valence electrons. The summed E-state index contributed by atoms with van der Waals surface area (Å²) in [6.07, 6.45) is 0.495. The van der Waals surface area contributed by atoms with Gasteiger partial charge in [-0.15, -0.1) is 11.3 Å². The first-order chi connectivity index (χ1) is 9.92. The molecule has 5 nitrogen and oxygen atoms in total. The first-order valence-electron chi connectivity index (χ1n) is 7.07. The molecule has 1 unspecified atom stereocenters. The van der Waals surface area contributed by atoms with Crippen molar-refractivity contribution in [3.8, 4) is 0 Å². The number of fused-ring (bicyclic) bond motifs is 1. The minimum Gasteiger partial charge on any atom is -0.464 e. The van der Waals surface area contributed by atoms with Gasteiger partial charge >= 0.3 is 5.97 Å². The molecule has 2 aromatic rings. The van der Waals surface area contributed by atoms with Crippen molar-refractivity contribution in [3.05, 3.63) is 26.6 Å². The number of esters is 1. The van der Waals surface area contributed by atoms with E-state index in [1.165, 1.54) is 15.9 Å². The van der Waals surface area contributed by atoms with Crippen LogP contribution in [0.25, 0.3) is 10.2 Å². The number of ether oxygens (including phenoxy) is 1. The topological polar surface area (TPSA) is 61.2 Å². The molecule has 0 bridgehead atoms. The van der Waals surface area contributed by atoms with Gasteiger partial charge in [0.15, 0.2) is 0 Å². The molecule has 0 saturated heterocycles. The third-order valence-electron chi connectivity index (χ3n) is 3.67. The van der Waals surface area contributed by atoms with E-state index in [0.29, 0.717) is 24.2 Å². The zero-order chi connectivity index (χ0) is 15.7. The maximum absolute atomic E-state index is 12.8. The third-order valence-corrected chi connectivity index (χ3v) is 4.77. The minimum atomic E-state index is -0.617. The molecule has 0 spiro atoms. The van der Waals surface area contributed by atoms with E-state index in [4.69, 9.17) is 4.74 Å². The van der Waals surface area contributed by atoms with Gasteiger partial charge in [-0.3, -0.25) is 9.36 Å². The van der Waals surface area contributed by atoms with Crippen LogP contribution in [0.1, 0.15) is 42.6 Å². The van der Waals surface area contributed by atoms with Crippen LogP contribution >= 0.6 is 11.3 Å². The van der Waals surface area contributed by atoms with Crippen LogP contribution in [0.2, 0.25) is 0 Å². The molecule has 0 fully saturated rings. The van der Waals surface area contributed by atoms with E-state index in [0.717, 1.165) is 15.3 Å². The van der Waals surface area contributed by atoms with Gasteiger partial charge in [0.25, 0.3) is 5.56 Å². The molecule has 2 aromatic heterocycles. The SMILES string of the molecule is CCOC(=O)C(CC)n1c(C)nc2sc(C)c(C)c2c1=O. The van der Waals surface area contributed by atoms with Gasteiger partial charge in [0.2, 0.25) is 0 Å².